The number of nitrogens with zero attached hydrogens (tertiary/aromatic N) is 2. The van der Waals surface area contributed by atoms with Crippen molar-refractivity contribution in [2.75, 3.05) is 4.90 Å². The fourth-order valence-corrected chi connectivity index (χ4v) is 3.20. The summed E-state index contributed by atoms with van der Waals surface area (Å²) in [4.78, 5) is 30.4. The molecule has 2 heterocycles. The summed E-state index contributed by atoms with van der Waals surface area (Å²) in [6, 6.07) is 5.58. The number of benzene rings is 1. The summed E-state index contributed by atoms with van der Waals surface area (Å²) >= 11 is 7.10. The van der Waals surface area contributed by atoms with Crippen LogP contribution < -0.4 is 4.90 Å². The van der Waals surface area contributed by atoms with E-state index >= 15 is 0 Å². The highest BCUT2D eigenvalue weighted by atomic mass is 35.5. The minimum absolute atomic E-state index is 0.327. The van der Waals surface area contributed by atoms with Crippen LogP contribution >= 0.6 is 22.9 Å². The average Bonchev–Trinajstić information content (AvgIpc) is 2.96. The molecule has 0 saturated carbocycles. The number of thiazole rings is 1. The lowest BCUT2D eigenvalue weighted by atomic mass is 10.1. The van der Waals surface area contributed by atoms with Gasteiger partial charge in [-0.2, -0.15) is 0 Å². The van der Waals surface area contributed by atoms with E-state index in [2.05, 4.69) is 4.98 Å². The van der Waals surface area contributed by atoms with Crippen LogP contribution in [0.1, 0.15) is 27.7 Å². The van der Waals surface area contributed by atoms with Crippen LogP contribution in [0.15, 0.2) is 24.4 Å². The summed E-state index contributed by atoms with van der Waals surface area (Å²) in [7, 11) is 0. The van der Waals surface area contributed by atoms with Gasteiger partial charge in [0.1, 0.15) is 0 Å². The molecule has 1 aromatic carbocycles. The summed E-state index contributed by atoms with van der Waals surface area (Å²) in [6.07, 6.45) is 2.46. The van der Waals surface area contributed by atoms with Crippen molar-refractivity contribution >= 4 is 40.3 Å². The van der Waals surface area contributed by atoms with Crippen molar-refractivity contribution < 1.29 is 9.59 Å². The third-order valence-electron chi connectivity index (χ3n) is 3.28. The number of fused-ring (bicyclic) bond motifs is 1. The number of aryl methyl sites for hydroxylation is 1. The Morgan fingerprint density at radius 3 is 2.80 bits per heavy atom. The van der Waals surface area contributed by atoms with Gasteiger partial charge in [0.2, 0.25) is 0 Å². The van der Waals surface area contributed by atoms with Crippen molar-refractivity contribution in [2.24, 2.45) is 0 Å². The van der Waals surface area contributed by atoms with Crippen molar-refractivity contribution in [1.82, 2.24) is 4.98 Å². The van der Waals surface area contributed by atoms with E-state index in [1.165, 1.54) is 16.2 Å². The second kappa shape index (κ2) is 5.00. The molecule has 3 rings (SSSR count). The van der Waals surface area contributed by atoms with Gasteiger partial charge in [0.15, 0.2) is 4.47 Å². The van der Waals surface area contributed by atoms with Crippen molar-refractivity contribution in [2.45, 2.75) is 19.9 Å². The zero-order valence-electron chi connectivity index (χ0n) is 10.7. The van der Waals surface area contributed by atoms with Gasteiger partial charge in [-0.25, -0.2) is 4.98 Å². The molecule has 0 saturated heterocycles. The Morgan fingerprint density at radius 1 is 1.35 bits per heavy atom. The Hall–Kier alpha value is -1.72. The van der Waals surface area contributed by atoms with E-state index in [0.717, 1.165) is 16.9 Å². The predicted molar refractivity (Wildman–Crippen MR) is 78.5 cm³/mol. The highest BCUT2D eigenvalue weighted by molar-refractivity contribution is 7.15. The lowest BCUT2D eigenvalue weighted by Gasteiger charge is -2.15. The zero-order chi connectivity index (χ0) is 14.3. The largest absolute Gasteiger partial charge is 0.299 e. The van der Waals surface area contributed by atoms with Crippen LogP contribution in [0.3, 0.4) is 0 Å². The number of halogens is 1. The van der Waals surface area contributed by atoms with Crippen molar-refractivity contribution in [3.8, 4) is 0 Å². The second-order valence-corrected chi connectivity index (χ2v) is 6.20. The van der Waals surface area contributed by atoms with Gasteiger partial charge < -0.3 is 0 Å². The first-order valence-electron chi connectivity index (χ1n) is 6.19. The maximum Gasteiger partial charge on any atom is 0.299 e. The SMILES string of the molecule is CCc1ccc2c(c1)C(=O)C(=O)N2Cc1cnc(Cl)s1. The number of carbonyl (C=O) groups excluding carboxylic acids is 2. The number of aromatic nitrogens is 1. The van der Waals surface area contributed by atoms with Gasteiger partial charge in [0.25, 0.3) is 11.7 Å². The lowest BCUT2D eigenvalue weighted by Crippen LogP contribution is -2.28. The maximum absolute atomic E-state index is 12.1. The number of anilines is 1. The van der Waals surface area contributed by atoms with E-state index < -0.39 is 11.7 Å². The van der Waals surface area contributed by atoms with Crippen LogP contribution in [-0.4, -0.2) is 16.7 Å². The third kappa shape index (κ3) is 2.13. The summed E-state index contributed by atoms with van der Waals surface area (Å²) in [5.74, 6) is -0.927. The second-order valence-electron chi connectivity index (χ2n) is 4.51. The van der Waals surface area contributed by atoms with Crippen LogP contribution in [0, 0.1) is 0 Å². The van der Waals surface area contributed by atoms with Gasteiger partial charge in [0, 0.05) is 11.1 Å². The normalized spacial score (nSPS) is 14.0. The Bertz CT molecular complexity index is 711. The molecule has 1 amide bonds. The number of hydrogen-bond acceptors (Lipinski definition) is 4. The molecule has 1 aliphatic heterocycles. The van der Waals surface area contributed by atoms with E-state index in [1.807, 2.05) is 19.1 Å². The van der Waals surface area contributed by atoms with E-state index in [4.69, 9.17) is 11.6 Å². The molecular formula is C14H11ClN2O2S. The average molecular weight is 307 g/mol. The third-order valence-corrected chi connectivity index (χ3v) is 4.38. The van der Waals surface area contributed by atoms with Gasteiger partial charge in [-0.15, -0.1) is 11.3 Å². The number of ketones is 1. The van der Waals surface area contributed by atoms with Crippen molar-refractivity contribution in [3.63, 3.8) is 0 Å². The summed E-state index contributed by atoms with van der Waals surface area (Å²) in [5.41, 5.74) is 2.21. The molecule has 0 N–H and O–H groups in total. The van der Waals surface area contributed by atoms with E-state index in [9.17, 15) is 9.59 Å². The fourth-order valence-electron chi connectivity index (χ4n) is 2.24. The highest BCUT2D eigenvalue weighted by Crippen LogP contribution is 2.32. The molecule has 1 aromatic heterocycles. The van der Waals surface area contributed by atoms with E-state index in [-0.39, 0.29) is 0 Å². The first-order valence-corrected chi connectivity index (χ1v) is 7.39. The molecule has 0 unspecified atom stereocenters. The summed E-state index contributed by atoms with van der Waals surface area (Å²) in [5, 5.41) is 0. The van der Waals surface area contributed by atoms with Gasteiger partial charge >= 0.3 is 0 Å². The number of rotatable bonds is 3. The molecule has 1 aliphatic rings. The Morgan fingerprint density at radius 2 is 2.15 bits per heavy atom. The fraction of sp³-hybridized carbons (Fsp3) is 0.214. The standard InChI is InChI=1S/C14H11ClN2O2S/c1-2-8-3-4-11-10(5-8)12(18)13(19)17(11)7-9-6-16-14(15)20-9/h3-6H,2,7H2,1H3. The number of Topliss-reactive ketones (excluding diaryl/α,β-unsaturated/α-hetero) is 1. The summed E-state index contributed by atoms with van der Waals surface area (Å²) in [6.45, 7) is 2.34. The Kier molecular flexibility index (Phi) is 3.31. The van der Waals surface area contributed by atoms with Crippen molar-refractivity contribution in [3.05, 3.63) is 44.9 Å². The molecule has 0 bridgehead atoms. The van der Waals surface area contributed by atoms with Crippen LogP contribution in [0.5, 0.6) is 0 Å². The van der Waals surface area contributed by atoms with Gasteiger partial charge in [0.05, 0.1) is 17.8 Å². The molecule has 20 heavy (non-hydrogen) atoms. The van der Waals surface area contributed by atoms with Gasteiger partial charge in [-0.3, -0.25) is 14.5 Å². The molecule has 2 aromatic rings. The first-order chi connectivity index (χ1) is 9.60. The molecule has 0 radical (unpaired) electrons. The van der Waals surface area contributed by atoms with Crippen molar-refractivity contribution in [1.29, 1.82) is 0 Å². The predicted octanol–water partition coefficient (Wildman–Crippen LogP) is 3.09. The van der Waals surface area contributed by atoms with Crippen LogP contribution in [0.2, 0.25) is 4.47 Å². The maximum atomic E-state index is 12.1. The number of amides is 1. The molecule has 0 atom stereocenters. The molecule has 0 aliphatic carbocycles. The van der Waals surface area contributed by atoms with Gasteiger partial charge in [-0.1, -0.05) is 24.6 Å². The molecule has 6 heteroatoms. The lowest BCUT2D eigenvalue weighted by molar-refractivity contribution is -0.114. The minimum Gasteiger partial charge on any atom is -0.299 e. The monoisotopic (exact) mass is 306 g/mol. The van der Waals surface area contributed by atoms with E-state index in [1.54, 1.807) is 12.3 Å². The molecule has 0 spiro atoms. The molecule has 4 nitrogen and oxygen atoms in total. The number of hydrogen-bond donors (Lipinski definition) is 0. The van der Waals surface area contributed by atoms with Crippen LogP contribution in [0.25, 0.3) is 0 Å². The number of carbonyl (C=O) groups is 2. The quantitative estimate of drug-likeness (QED) is 0.819. The smallest absolute Gasteiger partial charge is 0.299 e. The summed E-state index contributed by atoms with van der Waals surface area (Å²) < 4.78 is 0.430. The highest BCUT2D eigenvalue weighted by Gasteiger charge is 2.36. The van der Waals surface area contributed by atoms with E-state index in [0.29, 0.717) is 22.3 Å². The Labute approximate surface area is 125 Å². The zero-order valence-corrected chi connectivity index (χ0v) is 12.3. The van der Waals surface area contributed by atoms with Crippen LogP contribution in [0.4, 0.5) is 5.69 Å². The Balaban J connectivity index is 1.98. The molecule has 102 valence electrons. The minimum atomic E-state index is -0.488. The van der Waals surface area contributed by atoms with Crippen LogP contribution in [-0.2, 0) is 17.8 Å². The molecular weight excluding hydrogens is 296 g/mol. The topological polar surface area (TPSA) is 50.3 Å². The first kappa shape index (κ1) is 13.3. The molecule has 0 fully saturated rings. The van der Waals surface area contributed by atoms with Gasteiger partial charge in [-0.05, 0) is 24.1 Å².